The molecule has 0 aliphatic rings. The fourth-order valence-corrected chi connectivity index (χ4v) is 1.08. The lowest BCUT2D eigenvalue weighted by molar-refractivity contribution is 0.171. The van der Waals surface area contributed by atoms with Gasteiger partial charge in [-0.25, -0.2) is 18.4 Å². The molecule has 0 bridgehead atoms. The molecule has 0 spiro atoms. The molecule has 3 N–H and O–H groups in total. The van der Waals surface area contributed by atoms with E-state index in [1.54, 1.807) is 0 Å². The molecule has 0 aromatic heterocycles. The van der Waals surface area contributed by atoms with Crippen LogP contribution in [0.15, 0.2) is 0 Å². The van der Waals surface area contributed by atoms with Crippen molar-refractivity contribution in [2.75, 3.05) is 19.4 Å². The summed E-state index contributed by atoms with van der Waals surface area (Å²) in [5.41, 5.74) is 0. The van der Waals surface area contributed by atoms with Gasteiger partial charge in [0.15, 0.2) is 0 Å². The van der Waals surface area contributed by atoms with E-state index in [0.717, 1.165) is 0 Å². The molecular weight excluding hydrogens is 184 g/mol. The zero-order valence-corrected chi connectivity index (χ0v) is 7.56. The number of primary sulfonamides is 1. The SMILES string of the molecule is COC(=O)NCCCS(N)(=O)=O. The van der Waals surface area contributed by atoms with Gasteiger partial charge in [0.25, 0.3) is 0 Å². The summed E-state index contributed by atoms with van der Waals surface area (Å²) >= 11 is 0. The average Bonchev–Trinajstić information content (AvgIpc) is 1.96. The maximum absolute atomic E-state index is 10.4. The molecule has 0 rings (SSSR count). The molecule has 12 heavy (non-hydrogen) atoms. The van der Waals surface area contributed by atoms with Gasteiger partial charge in [0.2, 0.25) is 10.0 Å². The lowest BCUT2D eigenvalue weighted by Crippen LogP contribution is -2.26. The van der Waals surface area contributed by atoms with Gasteiger partial charge < -0.3 is 10.1 Å². The first-order valence-corrected chi connectivity index (χ1v) is 4.99. The number of hydrogen-bond acceptors (Lipinski definition) is 4. The van der Waals surface area contributed by atoms with Crippen molar-refractivity contribution in [3.8, 4) is 0 Å². The Morgan fingerprint density at radius 1 is 1.58 bits per heavy atom. The highest BCUT2D eigenvalue weighted by molar-refractivity contribution is 7.89. The Kier molecular flexibility index (Phi) is 4.60. The number of hydrogen-bond donors (Lipinski definition) is 2. The highest BCUT2D eigenvalue weighted by atomic mass is 32.2. The van der Waals surface area contributed by atoms with E-state index in [4.69, 9.17) is 5.14 Å². The Morgan fingerprint density at radius 2 is 2.17 bits per heavy atom. The van der Waals surface area contributed by atoms with Crippen LogP contribution in [0.5, 0.6) is 0 Å². The molecule has 0 heterocycles. The van der Waals surface area contributed by atoms with E-state index in [1.165, 1.54) is 7.11 Å². The first-order valence-electron chi connectivity index (χ1n) is 3.28. The Morgan fingerprint density at radius 3 is 2.58 bits per heavy atom. The lowest BCUT2D eigenvalue weighted by Gasteiger charge is -2.01. The summed E-state index contributed by atoms with van der Waals surface area (Å²) in [5.74, 6) is -0.142. The minimum Gasteiger partial charge on any atom is -0.453 e. The summed E-state index contributed by atoms with van der Waals surface area (Å²) in [6, 6.07) is 0. The molecule has 6 nitrogen and oxygen atoms in total. The van der Waals surface area contributed by atoms with Crippen LogP contribution in [0.25, 0.3) is 0 Å². The van der Waals surface area contributed by atoms with Crippen LogP contribution in [-0.2, 0) is 14.8 Å². The second-order valence-electron chi connectivity index (χ2n) is 2.14. The molecule has 0 saturated carbocycles. The molecule has 7 heteroatoms. The van der Waals surface area contributed by atoms with Crippen molar-refractivity contribution >= 4 is 16.1 Å². The second-order valence-corrected chi connectivity index (χ2v) is 3.87. The molecule has 1 amide bonds. The molecule has 0 atom stereocenters. The van der Waals surface area contributed by atoms with Gasteiger partial charge >= 0.3 is 6.09 Å². The van der Waals surface area contributed by atoms with Crippen molar-refractivity contribution < 1.29 is 17.9 Å². The van der Waals surface area contributed by atoms with Crippen molar-refractivity contribution in [3.05, 3.63) is 0 Å². The average molecular weight is 196 g/mol. The summed E-state index contributed by atoms with van der Waals surface area (Å²) in [6.07, 6.45) is -0.294. The summed E-state index contributed by atoms with van der Waals surface area (Å²) in [5, 5.41) is 7.04. The quantitative estimate of drug-likeness (QED) is 0.564. The van der Waals surface area contributed by atoms with Crippen LogP contribution in [0.1, 0.15) is 6.42 Å². The Bertz CT molecular complexity index is 236. The normalized spacial score (nSPS) is 10.8. The molecule has 0 aliphatic heterocycles. The van der Waals surface area contributed by atoms with Gasteiger partial charge in [0.1, 0.15) is 0 Å². The van der Waals surface area contributed by atoms with Gasteiger partial charge in [-0.2, -0.15) is 0 Å². The largest absolute Gasteiger partial charge is 0.453 e. The number of rotatable bonds is 4. The number of carbonyl (C=O) groups is 1. The first kappa shape index (κ1) is 11.2. The number of methoxy groups -OCH3 is 1. The smallest absolute Gasteiger partial charge is 0.406 e. The number of ether oxygens (including phenoxy) is 1. The van der Waals surface area contributed by atoms with Crippen LogP contribution >= 0.6 is 0 Å². The number of amides is 1. The predicted molar refractivity (Wildman–Crippen MR) is 43.0 cm³/mol. The van der Waals surface area contributed by atoms with Gasteiger partial charge in [-0.05, 0) is 6.42 Å². The second kappa shape index (κ2) is 4.94. The van der Waals surface area contributed by atoms with Crippen LogP contribution in [0, 0.1) is 0 Å². The van der Waals surface area contributed by atoms with Crippen molar-refractivity contribution in [1.29, 1.82) is 0 Å². The van der Waals surface area contributed by atoms with Gasteiger partial charge in [-0.1, -0.05) is 0 Å². The summed E-state index contributed by atoms with van der Waals surface area (Å²) in [4.78, 5) is 10.4. The van der Waals surface area contributed by atoms with E-state index in [1.807, 2.05) is 0 Å². The Balaban J connectivity index is 3.40. The van der Waals surface area contributed by atoms with Gasteiger partial charge in [-0.15, -0.1) is 0 Å². The number of sulfonamides is 1. The number of alkyl carbamates (subject to hydrolysis) is 1. The van der Waals surface area contributed by atoms with Crippen LogP contribution in [0.4, 0.5) is 4.79 Å². The van der Waals surface area contributed by atoms with E-state index in [2.05, 4.69) is 10.1 Å². The minimum atomic E-state index is -3.42. The van der Waals surface area contributed by atoms with Gasteiger partial charge in [0.05, 0.1) is 12.9 Å². The third kappa shape index (κ3) is 7.29. The van der Waals surface area contributed by atoms with Crippen molar-refractivity contribution in [1.82, 2.24) is 5.32 Å². The number of nitrogens with two attached hydrogens (primary N) is 1. The maximum atomic E-state index is 10.4. The van der Waals surface area contributed by atoms with Crippen molar-refractivity contribution in [2.24, 2.45) is 5.14 Å². The van der Waals surface area contributed by atoms with Crippen molar-refractivity contribution in [3.63, 3.8) is 0 Å². The molecule has 0 aromatic rings. The zero-order valence-electron chi connectivity index (χ0n) is 6.74. The first-order chi connectivity index (χ1) is 5.45. The van der Waals surface area contributed by atoms with Crippen molar-refractivity contribution in [2.45, 2.75) is 6.42 Å². The maximum Gasteiger partial charge on any atom is 0.406 e. The fourth-order valence-electron chi connectivity index (χ4n) is 0.536. The third-order valence-corrected chi connectivity index (χ3v) is 1.92. The summed E-state index contributed by atoms with van der Waals surface area (Å²) in [7, 11) is -2.19. The molecule has 0 saturated heterocycles. The third-order valence-electron chi connectivity index (χ3n) is 1.06. The molecule has 72 valence electrons. The molecule has 0 unspecified atom stereocenters. The Labute approximate surface area is 71.1 Å². The standard InChI is InChI=1S/C5H12N2O4S/c1-11-5(8)7-3-2-4-12(6,9)10/h2-4H2,1H3,(H,7,8)(H2,6,9,10). The van der Waals surface area contributed by atoms with E-state index in [0.29, 0.717) is 0 Å². The summed E-state index contributed by atoms with van der Waals surface area (Å²) < 4.78 is 25.0. The van der Waals surface area contributed by atoms with Crippen LogP contribution in [0.3, 0.4) is 0 Å². The highest BCUT2D eigenvalue weighted by Crippen LogP contribution is 1.83. The lowest BCUT2D eigenvalue weighted by atomic mass is 10.5. The zero-order chi connectivity index (χ0) is 9.61. The van der Waals surface area contributed by atoms with Crippen LogP contribution < -0.4 is 10.5 Å². The molecule has 0 aromatic carbocycles. The Hall–Kier alpha value is -0.820. The van der Waals surface area contributed by atoms with Gasteiger partial charge in [-0.3, -0.25) is 0 Å². The summed E-state index contributed by atoms with van der Waals surface area (Å²) in [6.45, 7) is 0.239. The molecule has 0 radical (unpaired) electrons. The topological polar surface area (TPSA) is 98.5 Å². The van der Waals surface area contributed by atoms with E-state index in [-0.39, 0.29) is 18.7 Å². The number of carbonyl (C=O) groups excluding carboxylic acids is 1. The van der Waals surface area contributed by atoms with Gasteiger partial charge in [0, 0.05) is 6.54 Å². The molecule has 0 fully saturated rings. The molecule has 0 aliphatic carbocycles. The van der Waals surface area contributed by atoms with E-state index >= 15 is 0 Å². The molecular formula is C5H12N2O4S. The fraction of sp³-hybridized carbons (Fsp3) is 0.800. The predicted octanol–water partition coefficient (Wildman–Crippen LogP) is -0.979. The monoisotopic (exact) mass is 196 g/mol. The van der Waals surface area contributed by atoms with E-state index < -0.39 is 16.1 Å². The number of nitrogens with one attached hydrogen (secondary N) is 1. The minimum absolute atomic E-state index is 0.142. The highest BCUT2D eigenvalue weighted by Gasteiger charge is 2.02. The van der Waals surface area contributed by atoms with Crippen LogP contribution in [-0.4, -0.2) is 33.9 Å². The van der Waals surface area contributed by atoms with E-state index in [9.17, 15) is 13.2 Å². The van der Waals surface area contributed by atoms with Crippen LogP contribution in [0.2, 0.25) is 0 Å².